The number of aryl methyl sites for hydroxylation is 1. The topological polar surface area (TPSA) is 57.2 Å². The second-order valence-electron chi connectivity index (χ2n) is 3.37. The van der Waals surface area contributed by atoms with E-state index in [9.17, 15) is 5.11 Å². The van der Waals surface area contributed by atoms with Crippen LogP contribution >= 0.6 is 0 Å². The summed E-state index contributed by atoms with van der Waals surface area (Å²) in [5.74, 6) is 0.313. The second kappa shape index (κ2) is 3.76. The molecule has 1 aromatic heterocycles. The van der Waals surface area contributed by atoms with E-state index in [2.05, 4.69) is 0 Å². The molecule has 0 bridgehead atoms. The van der Waals surface area contributed by atoms with Crippen molar-refractivity contribution in [2.45, 2.75) is 19.4 Å². The minimum Gasteiger partial charge on any atom is -0.457 e. The highest BCUT2D eigenvalue weighted by Gasteiger charge is 2.13. The van der Waals surface area contributed by atoms with Crippen LogP contribution in [0.3, 0.4) is 0 Å². The number of hydrogen-bond donors (Lipinski definition) is 1. The standard InChI is InChI=1S/C12H11NO2/c1-2-8-4-3-5-9-6-11(10(14)7-13)15-12(8)9/h3-6,10,14H,2H2,1H3/t10-/m0/s1. The molecule has 0 unspecified atom stereocenters. The maximum Gasteiger partial charge on any atom is 0.198 e. The fraction of sp³-hybridized carbons (Fsp3) is 0.250. The van der Waals surface area contributed by atoms with E-state index in [-0.39, 0.29) is 0 Å². The first kappa shape index (κ1) is 9.75. The Kier molecular flexibility index (Phi) is 2.44. The maximum absolute atomic E-state index is 9.34. The molecular weight excluding hydrogens is 190 g/mol. The molecular formula is C12H11NO2. The summed E-state index contributed by atoms with van der Waals surface area (Å²) in [5.41, 5.74) is 1.85. The number of nitrogens with zero attached hydrogens (tertiary/aromatic N) is 1. The minimum absolute atomic E-state index is 0.313. The van der Waals surface area contributed by atoms with E-state index in [1.54, 1.807) is 12.1 Å². The summed E-state index contributed by atoms with van der Waals surface area (Å²) in [4.78, 5) is 0. The number of aliphatic hydroxyl groups is 1. The Labute approximate surface area is 87.6 Å². The number of rotatable bonds is 2. The van der Waals surface area contributed by atoms with Crippen LogP contribution in [0.15, 0.2) is 28.7 Å². The molecule has 1 aromatic carbocycles. The van der Waals surface area contributed by atoms with Gasteiger partial charge in [0.1, 0.15) is 17.4 Å². The van der Waals surface area contributed by atoms with Gasteiger partial charge in [-0.1, -0.05) is 25.1 Å². The van der Waals surface area contributed by atoms with Gasteiger partial charge < -0.3 is 9.52 Å². The Hall–Kier alpha value is -1.79. The van der Waals surface area contributed by atoms with Gasteiger partial charge in [0.15, 0.2) is 6.10 Å². The van der Waals surface area contributed by atoms with Crippen LogP contribution in [0.4, 0.5) is 0 Å². The lowest BCUT2D eigenvalue weighted by Gasteiger charge is -1.97. The van der Waals surface area contributed by atoms with Crippen molar-refractivity contribution in [1.29, 1.82) is 5.26 Å². The third kappa shape index (κ3) is 1.60. The number of furan rings is 1. The molecule has 1 N–H and O–H groups in total. The number of fused-ring (bicyclic) bond motifs is 1. The van der Waals surface area contributed by atoms with E-state index in [4.69, 9.17) is 9.68 Å². The van der Waals surface area contributed by atoms with Gasteiger partial charge in [-0.15, -0.1) is 0 Å². The van der Waals surface area contributed by atoms with Gasteiger partial charge in [0.2, 0.25) is 0 Å². The molecule has 1 atom stereocenters. The van der Waals surface area contributed by atoms with Gasteiger partial charge in [-0.05, 0) is 18.1 Å². The first-order valence-corrected chi connectivity index (χ1v) is 4.85. The molecule has 0 saturated carbocycles. The van der Waals surface area contributed by atoms with E-state index in [0.717, 1.165) is 23.0 Å². The van der Waals surface area contributed by atoms with Gasteiger partial charge in [-0.2, -0.15) is 5.26 Å². The lowest BCUT2D eigenvalue weighted by Crippen LogP contribution is -1.88. The van der Waals surface area contributed by atoms with Crippen LogP contribution in [0.5, 0.6) is 0 Å². The van der Waals surface area contributed by atoms with Crippen LogP contribution in [0.2, 0.25) is 0 Å². The molecule has 0 radical (unpaired) electrons. The third-order valence-corrected chi connectivity index (χ3v) is 2.42. The average Bonchev–Trinajstić information content (AvgIpc) is 2.71. The SMILES string of the molecule is CCc1cccc2cc([C@@H](O)C#N)oc12. The van der Waals surface area contributed by atoms with Crippen LogP contribution in [0.1, 0.15) is 24.4 Å². The zero-order valence-corrected chi connectivity index (χ0v) is 8.40. The Morgan fingerprint density at radius 1 is 1.53 bits per heavy atom. The van der Waals surface area contributed by atoms with E-state index < -0.39 is 6.10 Å². The Morgan fingerprint density at radius 2 is 2.33 bits per heavy atom. The van der Waals surface area contributed by atoms with Crippen molar-refractivity contribution in [3.05, 3.63) is 35.6 Å². The third-order valence-electron chi connectivity index (χ3n) is 2.42. The summed E-state index contributed by atoms with van der Waals surface area (Å²) >= 11 is 0. The molecule has 2 rings (SSSR count). The van der Waals surface area contributed by atoms with Crippen molar-refractivity contribution < 1.29 is 9.52 Å². The number of aliphatic hydroxyl groups excluding tert-OH is 1. The molecule has 15 heavy (non-hydrogen) atoms. The van der Waals surface area contributed by atoms with Crippen LogP contribution in [0, 0.1) is 11.3 Å². The number of nitriles is 1. The lowest BCUT2D eigenvalue weighted by atomic mass is 10.1. The first-order valence-electron chi connectivity index (χ1n) is 4.85. The predicted octanol–water partition coefficient (Wildman–Crippen LogP) is 2.55. The van der Waals surface area contributed by atoms with E-state index in [1.807, 2.05) is 25.1 Å². The van der Waals surface area contributed by atoms with E-state index in [0.29, 0.717) is 5.76 Å². The fourth-order valence-electron chi connectivity index (χ4n) is 1.62. The molecule has 0 aliphatic heterocycles. The first-order chi connectivity index (χ1) is 7.26. The van der Waals surface area contributed by atoms with Crippen LogP contribution < -0.4 is 0 Å². The van der Waals surface area contributed by atoms with Crippen molar-refractivity contribution in [1.82, 2.24) is 0 Å². The molecule has 0 amide bonds. The minimum atomic E-state index is -1.18. The predicted molar refractivity (Wildman–Crippen MR) is 56.2 cm³/mol. The number of para-hydroxylation sites is 1. The number of benzene rings is 1. The van der Waals surface area contributed by atoms with Crippen LogP contribution in [-0.2, 0) is 6.42 Å². The molecule has 0 aliphatic carbocycles. The van der Waals surface area contributed by atoms with Gasteiger partial charge in [0, 0.05) is 5.39 Å². The van der Waals surface area contributed by atoms with E-state index >= 15 is 0 Å². The lowest BCUT2D eigenvalue weighted by molar-refractivity contribution is 0.207. The van der Waals surface area contributed by atoms with Crippen molar-refractivity contribution in [2.75, 3.05) is 0 Å². The Bertz CT molecular complexity index is 522. The summed E-state index contributed by atoms with van der Waals surface area (Å²) in [6.45, 7) is 2.04. The molecule has 1 heterocycles. The fourth-order valence-corrected chi connectivity index (χ4v) is 1.62. The summed E-state index contributed by atoms with van der Waals surface area (Å²) < 4.78 is 5.47. The summed E-state index contributed by atoms with van der Waals surface area (Å²) in [7, 11) is 0. The van der Waals surface area contributed by atoms with Crippen LogP contribution in [0.25, 0.3) is 11.0 Å². The highest BCUT2D eigenvalue weighted by Crippen LogP contribution is 2.26. The molecule has 0 saturated heterocycles. The summed E-state index contributed by atoms with van der Waals surface area (Å²) in [6, 6.07) is 9.28. The van der Waals surface area contributed by atoms with Gasteiger partial charge in [-0.25, -0.2) is 0 Å². The van der Waals surface area contributed by atoms with Crippen molar-refractivity contribution in [3.8, 4) is 6.07 Å². The highest BCUT2D eigenvalue weighted by molar-refractivity contribution is 5.81. The number of hydrogen-bond acceptors (Lipinski definition) is 3. The average molecular weight is 201 g/mol. The molecule has 0 aliphatic rings. The van der Waals surface area contributed by atoms with Gasteiger partial charge >= 0.3 is 0 Å². The molecule has 0 fully saturated rings. The highest BCUT2D eigenvalue weighted by atomic mass is 16.4. The van der Waals surface area contributed by atoms with Gasteiger partial charge in [0.25, 0.3) is 0 Å². The molecule has 3 heteroatoms. The summed E-state index contributed by atoms with van der Waals surface area (Å²) in [5, 5.41) is 18.8. The molecule has 0 spiro atoms. The molecule has 2 aromatic rings. The molecule has 76 valence electrons. The zero-order chi connectivity index (χ0) is 10.8. The normalized spacial score (nSPS) is 12.6. The second-order valence-corrected chi connectivity index (χ2v) is 3.37. The van der Waals surface area contributed by atoms with Crippen molar-refractivity contribution in [2.24, 2.45) is 0 Å². The monoisotopic (exact) mass is 201 g/mol. The smallest absolute Gasteiger partial charge is 0.198 e. The molecule has 3 nitrogen and oxygen atoms in total. The summed E-state index contributed by atoms with van der Waals surface area (Å²) in [6.07, 6.45) is -0.311. The van der Waals surface area contributed by atoms with E-state index in [1.165, 1.54) is 0 Å². The Balaban J connectivity index is 2.61. The van der Waals surface area contributed by atoms with Crippen LogP contribution in [-0.4, -0.2) is 5.11 Å². The van der Waals surface area contributed by atoms with Gasteiger partial charge in [0.05, 0.1) is 0 Å². The Morgan fingerprint density at radius 3 is 3.00 bits per heavy atom. The largest absolute Gasteiger partial charge is 0.457 e. The maximum atomic E-state index is 9.34. The van der Waals surface area contributed by atoms with Crippen molar-refractivity contribution >= 4 is 11.0 Å². The zero-order valence-electron chi connectivity index (χ0n) is 8.40. The quantitative estimate of drug-likeness (QED) is 0.759. The van der Waals surface area contributed by atoms with Crippen molar-refractivity contribution in [3.63, 3.8) is 0 Å². The van der Waals surface area contributed by atoms with Gasteiger partial charge in [-0.3, -0.25) is 0 Å².